The van der Waals surface area contributed by atoms with Crippen molar-refractivity contribution in [3.63, 3.8) is 0 Å². The average Bonchev–Trinajstić information content (AvgIpc) is 2.36. The van der Waals surface area contributed by atoms with Crippen LogP contribution in [-0.4, -0.2) is 27.4 Å². The molecule has 0 amide bonds. The number of hydrogen-bond donors (Lipinski definition) is 0. The van der Waals surface area contributed by atoms with E-state index in [0.717, 1.165) is 11.0 Å². The minimum atomic E-state index is -0.539. The predicted molar refractivity (Wildman–Crippen MR) is 46.5 cm³/mol. The first kappa shape index (κ1) is 7.82. The first-order chi connectivity index (χ1) is 5.27. The third kappa shape index (κ3) is 1.39. The second-order valence-electron chi connectivity index (χ2n) is 2.02. The Bertz CT molecular complexity index is 362. The van der Waals surface area contributed by atoms with Crippen LogP contribution in [0.1, 0.15) is 0 Å². The molecule has 11 heavy (non-hydrogen) atoms. The third-order valence-corrected chi connectivity index (χ3v) is 3.61. The van der Waals surface area contributed by atoms with E-state index in [2.05, 4.69) is 6.41 Å². The molecule has 0 N–H and O–H groups in total. The number of benzene rings is 1. The SMILES string of the molecule is Clc1cc2n[te]nc2cc1Cl. The Morgan fingerprint density at radius 1 is 1.00 bits per heavy atom. The molecule has 2 rings (SSSR count). The van der Waals surface area contributed by atoms with Crippen LogP contribution in [0.3, 0.4) is 0 Å². The molecule has 0 aliphatic rings. The van der Waals surface area contributed by atoms with Crippen molar-refractivity contribution < 1.29 is 0 Å². The van der Waals surface area contributed by atoms with E-state index in [1.807, 2.05) is 0 Å². The quantitative estimate of drug-likeness (QED) is 0.696. The second-order valence-corrected chi connectivity index (χ2v) is 4.34. The van der Waals surface area contributed by atoms with Gasteiger partial charge in [0.2, 0.25) is 0 Å². The summed E-state index contributed by atoms with van der Waals surface area (Å²) >= 11 is 11.0. The number of hydrogen-bond acceptors (Lipinski definition) is 2. The average molecular weight is 301 g/mol. The Morgan fingerprint density at radius 2 is 1.45 bits per heavy atom. The van der Waals surface area contributed by atoms with Gasteiger partial charge in [0.25, 0.3) is 0 Å². The van der Waals surface area contributed by atoms with Crippen LogP contribution in [0.5, 0.6) is 0 Å². The molecule has 56 valence electrons. The van der Waals surface area contributed by atoms with Crippen LogP contribution in [0.4, 0.5) is 0 Å². The zero-order valence-electron chi connectivity index (χ0n) is 5.21. The summed E-state index contributed by atoms with van der Waals surface area (Å²) in [5, 5.41) is 1.11. The zero-order chi connectivity index (χ0) is 7.84. The molecule has 0 bridgehead atoms. The standard InChI is InChI=1S/C6H2Cl2N2Te/c7-3-1-5-6(2-4(3)8)10-11-9-5/h1-2H. The molecule has 0 fully saturated rings. The summed E-state index contributed by atoms with van der Waals surface area (Å²) in [6, 6.07) is 3.53. The normalized spacial score (nSPS) is 10.7. The molecule has 0 aliphatic carbocycles. The minimum absolute atomic E-state index is 0.539. The summed E-state index contributed by atoms with van der Waals surface area (Å²) in [6.45, 7) is 0. The van der Waals surface area contributed by atoms with Gasteiger partial charge in [-0.15, -0.1) is 0 Å². The Labute approximate surface area is 83.5 Å². The van der Waals surface area contributed by atoms with Crippen molar-refractivity contribution in [2.45, 2.75) is 0 Å². The Balaban J connectivity index is 2.86. The van der Waals surface area contributed by atoms with E-state index in [1.54, 1.807) is 12.1 Å². The molecule has 0 saturated carbocycles. The van der Waals surface area contributed by atoms with E-state index >= 15 is 0 Å². The van der Waals surface area contributed by atoms with Gasteiger partial charge in [-0.3, -0.25) is 0 Å². The van der Waals surface area contributed by atoms with E-state index in [0.29, 0.717) is 10.0 Å². The van der Waals surface area contributed by atoms with E-state index in [9.17, 15) is 0 Å². The van der Waals surface area contributed by atoms with Crippen LogP contribution in [-0.2, 0) is 0 Å². The Hall–Kier alpha value is 0.190. The summed E-state index contributed by atoms with van der Waals surface area (Å²) in [7, 11) is 0. The predicted octanol–water partition coefficient (Wildman–Crippen LogP) is 1.99. The summed E-state index contributed by atoms with van der Waals surface area (Å²) < 4.78 is 8.44. The molecule has 1 aromatic heterocycles. The molecule has 1 aromatic carbocycles. The topological polar surface area (TPSA) is 25.8 Å². The van der Waals surface area contributed by atoms with E-state index in [-0.39, 0.29) is 0 Å². The van der Waals surface area contributed by atoms with Crippen LogP contribution in [0, 0.1) is 0 Å². The van der Waals surface area contributed by atoms with Crippen LogP contribution in [0.25, 0.3) is 11.0 Å². The number of aromatic nitrogens is 2. The molecule has 0 unspecified atom stereocenters. The van der Waals surface area contributed by atoms with Gasteiger partial charge in [-0.25, -0.2) is 0 Å². The van der Waals surface area contributed by atoms with E-state index in [1.165, 1.54) is 0 Å². The summed E-state index contributed by atoms with van der Waals surface area (Å²) in [4.78, 5) is 0. The molecule has 0 atom stereocenters. The number of rotatable bonds is 0. The van der Waals surface area contributed by atoms with Crippen LogP contribution in [0.2, 0.25) is 10.0 Å². The molecular weight excluding hydrogens is 299 g/mol. The van der Waals surface area contributed by atoms with Gasteiger partial charge in [0.15, 0.2) is 0 Å². The number of fused-ring (bicyclic) bond motifs is 1. The Morgan fingerprint density at radius 3 is 1.91 bits per heavy atom. The van der Waals surface area contributed by atoms with Crippen molar-refractivity contribution in [2.75, 3.05) is 0 Å². The Kier molecular flexibility index (Phi) is 2.07. The van der Waals surface area contributed by atoms with Crippen molar-refractivity contribution >= 4 is 55.2 Å². The summed E-state index contributed by atoms with van der Waals surface area (Å²) in [5.74, 6) is 0. The zero-order valence-corrected chi connectivity index (χ0v) is 9.06. The fourth-order valence-electron chi connectivity index (χ4n) is 0.780. The van der Waals surface area contributed by atoms with Crippen molar-refractivity contribution in [1.82, 2.24) is 6.41 Å². The summed E-state index contributed by atoms with van der Waals surface area (Å²) in [5.41, 5.74) is 1.78. The fraction of sp³-hybridized carbons (Fsp3) is 0. The van der Waals surface area contributed by atoms with Crippen molar-refractivity contribution in [1.29, 1.82) is 0 Å². The van der Waals surface area contributed by atoms with Gasteiger partial charge < -0.3 is 0 Å². The van der Waals surface area contributed by atoms with E-state index in [4.69, 9.17) is 23.2 Å². The van der Waals surface area contributed by atoms with Gasteiger partial charge in [0, 0.05) is 0 Å². The molecule has 0 saturated heterocycles. The molecule has 2 aromatic rings. The van der Waals surface area contributed by atoms with Crippen LogP contribution < -0.4 is 0 Å². The summed E-state index contributed by atoms with van der Waals surface area (Å²) in [6.07, 6.45) is 0. The second kappa shape index (κ2) is 2.91. The van der Waals surface area contributed by atoms with Gasteiger partial charge in [-0.05, 0) is 0 Å². The molecule has 2 nitrogen and oxygen atoms in total. The van der Waals surface area contributed by atoms with E-state index < -0.39 is 21.0 Å². The molecule has 5 heteroatoms. The maximum atomic E-state index is 5.77. The first-order valence-corrected chi connectivity index (χ1v) is 5.69. The molecular formula is C6H2Cl2N2Te. The van der Waals surface area contributed by atoms with Crippen LogP contribution in [0.15, 0.2) is 12.1 Å². The van der Waals surface area contributed by atoms with Crippen molar-refractivity contribution in [2.24, 2.45) is 0 Å². The monoisotopic (exact) mass is 302 g/mol. The van der Waals surface area contributed by atoms with Gasteiger partial charge in [-0.2, -0.15) is 0 Å². The van der Waals surface area contributed by atoms with Gasteiger partial charge in [0.05, 0.1) is 0 Å². The van der Waals surface area contributed by atoms with Crippen molar-refractivity contribution in [3.05, 3.63) is 22.2 Å². The first-order valence-electron chi connectivity index (χ1n) is 2.85. The van der Waals surface area contributed by atoms with Gasteiger partial charge >= 0.3 is 83.8 Å². The molecule has 1 heterocycles. The molecule has 0 radical (unpaired) electrons. The molecule has 0 aliphatic heterocycles. The van der Waals surface area contributed by atoms with Gasteiger partial charge in [-0.1, -0.05) is 0 Å². The third-order valence-electron chi connectivity index (χ3n) is 1.30. The maximum absolute atomic E-state index is 5.77. The van der Waals surface area contributed by atoms with Gasteiger partial charge in [0.1, 0.15) is 0 Å². The number of halogens is 2. The fourth-order valence-corrected chi connectivity index (χ4v) is 2.55. The molecule has 0 spiro atoms. The van der Waals surface area contributed by atoms with Crippen molar-refractivity contribution in [3.8, 4) is 0 Å². The number of nitrogens with zero attached hydrogens (tertiary/aromatic N) is 2. The van der Waals surface area contributed by atoms with Crippen LogP contribution >= 0.6 is 23.2 Å².